The number of nitrogens with one attached hydrogen (secondary N) is 2. The molecular weight excluding hydrogens is 361 g/mol. The van der Waals surface area contributed by atoms with Crippen LogP contribution in [0.5, 0.6) is 0 Å². The van der Waals surface area contributed by atoms with E-state index < -0.39 is 11.7 Å². The van der Waals surface area contributed by atoms with E-state index >= 15 is 0 Å². The normalized spacial score (nSPS) is 12.0. The van der Waals surface area contributed by atoms with Crippen molar-refractivity contribution in [3.05, 3.63) is 58.9 Å². The van der Waals surface area contributed by atoms with Gasteiger partial charge in [0.25, 0.3) is 0 Å². The van der Waals surface area contributed by atoms with Gasteiger partial charge in [0, 0.05) is 6.20 Å². The first kappa shape index (κ1) is 18.2. The summed E-state index contributed by atoms with van der Waals surface area (Å²) in [4.78, 5) is 4.11. The highest BCUT2D eigenvalue weighted by Crippen LogP contribution is 2.33. The number of pyridine rings is 1. The molecule has 0 aliphatic rings. The summed E-state index contributed by atoms with van der Waals surface area (Å²) in [6.45, 7) is 1.72. The number of halogens is 4. The van der Waals surface area contributed by atoms with E-state index in [0.717, 1.165) is 18.2 Å². The van der Waals surface area contributed by atoms with Crippen LogP contribution in [0.15, 0.2) is 47.7 Å². The van der Waals surface area contributed by atoms with E-state index in [9.17, 15) is 13.2 Å². The molecule has 9 heteroatoms. The van der Waals surface area contributed by atoms with Crippen LogP contribution in [0, 0.1) is 0 Å². The van der Waals surface area contributed by atoms with Crippen LogP contribution in [0.4, 0.5) is 18.9 Å². The van der Waals surface area contributed by atoms with Gasteiger partial charge in [0.1, 0.15) is 0 Å². The van der Waals surface area contributed by atoms with Gasteiger partial charge in [-0.1, -0.05) is 17.7 Å². The first-order valence-corrected chi connectivity index (χ1v) is 7.45. The molecule has 0 fully saturated rings. The van der Waals surface area contributed by atoms with Crippen molar-refractivity contribution in [3.63, 3.8) is 0 Å². The van der Waals surface area contributed by atoms with Gasteiger partial charge in [0.05, 0.1) is 27.7 Å². The van der Waals surface area contributed by atoms with Crippen molar-refractivity contribution in [1.29, 1.82) is 0 Å². The van der Waals surface area contributed by atoms with E-state index in [1.807, 2.05) is 0 Å². The molecule has 2 aromatic rings. The summed E-state index contributed by atoms with van der Waals surface area (Å²) >= 11 is 10.9. The predicted molar refractivity (Wildman–Crippen MR) is 92.3 cm³/mol. The number of alkyl halides is 3. The zero-order chi connectivity index (χ0) is 17.7. The second-order valence-electron chi connectivity index (χ2n) is 4.67. The molecular formula is C15H12ClF3N4S. The lowest BCUT2D eigenvalue weighted by molar-refractivity contribution is -0.137. The number of benzene rings is 1. The number of rotatable bonds is 3. The van der Waals surface area contributed by atoms with Gasteiger partial charge in [-0.05, 0) is 49.5 Å². The molecule has 24 heavy (non-hydrogen) atoms. The second-order valence-corrected chi connectivity index (χ2v) is 5.49. The standard InChI is InChI=1S/C15H12ClF3N4S/c1-9(12-4-2-3-7-20-12)22-23-14(24)21-13-8-10(15(17,18)19)5-6-11(13)16/h2-8H,1H3,(H2,21,23,24)/b22-9+. The van der Waals surface area contributed by atoms with Crippen LogP contribution in [0.25, 0.3) is 0 Å². The van der Waals surface area contributed by atoms with Gasteiger partial charge in [-0.25, -0.2) is 0 Å². The average molecular weight is 373 g/mol. The van der Waals surface area contributed by atoms with Crippen molar-refractivity contribution >= 4 is 40.3 Å². The minimum Gasteiger partial charge on any atom is -0.330 e. The highest BCUT2D eigenvalue weighted by molar-refractivity contribution is 7.80. The fourth-order valence-electron chi connectivity index (χ4n) is 1.72. The third kappa shape index (κ3) is 4.90. The molecule has 2 rings (SSSR count). The zero-order valence-electron chi connectivity index (χ0n) is 12.4. The Morgan fingerprint density at radius 1 is 1.25 bits per heavy atom. The summed E-state index contributed by atoms with van der Waals surface area (Å²) in [5, 5.41) is 6.73. The summed E-state index contributed by atoms with van der Waals surface area (Å²) in [7, 11) is 0. The fraction of sp³-hybridized carbons (Fsp3) is 0.133. The van der Waals surface area contributed by atoms with Crippen molar-refractivity contribution in [1.82, 2.24) is 10.4 Å². The van der Waals surface area contributed by atoms with E-state index in [1.165, 1.54) is 0 Å². The molecule has 4 nitrogen and oxygen atoms in total. The van der Waals surface area contributed by atoms with Crippen molar-refractivity contribution in [2.75, 3.05) is 5.32 Å². The third-order valence-electron chi connectivity index (χ3n) is 2.90. The number of hydrogen-bond acceptors (Lipinski definition) is 3. The minimum absolute atomic E-state index is 0.00602. The Balaban J connectivity index is 2.07. The number of anilines is 1. The molecule has 1 aromatic carbocycles. The zero-order valence-corrected chi connectivity index (χ0v) is 13.9. The molecule has 0 amide bonds. The van der Waals surface area contributed by atoms with Gasteiger partial charge in [0.15, 0.2) is 5.11 Å². The molecule has 1 aromatic heterocycles. The highest BCUT2D eigenvalue weighted by atomic mass is 35.5. The van der Waals surface area contributed by atoms with Crippen LogP contribution < -0.4 is 10.7 Å². The molecule has 0 aliphatic heterocycles. The number of thiocarbonyl (C=S) groups is 1. The van der Waals surface area contributed by atoms with Crippen LogP contribution in [0.3, 0.4) is 0 Å². The molecule has 1 heterocycles. The Bertz CT molecular complexity index is 763. The van der Waals surface area contributed by atoms with Crippen LogP contribution >= 0.6 is 23.8 Å². The quantitative estimate of drug-likeness (QED) is 0.474. The Labute approximate surface area is 146 Å². The first-order chi connectivity index (χ1) is 11.3. The number of aromatic nitrogens is 1. The largest absolute Gasteiger partial charge is 0.416 e. The van der Waals surface area contributed by atoms with Crippen molar-refractivity contribution in [2.24, 2.45) is 5.10 Å². The molecule has 0 radical (unpaired) electrons. The van der Waals surface area contributed by atoms with E-state index in [2.05, 4.69) is 20.8 Å². The Morgan fingerprint density at radius 2 is 2.00 bits per heavy atom. The summed E-state index contributed by atoms with van der Waals surface area (Å²) in [6, 6.07) is 8.27. The smallest absolute Gasteiger partial charge is 0.330 e. The molecule has 0 spiro atoms. The van der Waals surface area contributed by atoms with Gasteiger partial charge in [-0.15, -0.1) is 0 Å². The molecule has 126 valence electrons. The minimum atomic E-state index is -4.47. The maximum absolute atomic E-state index is 12.7. The Hall–Kier alpha value is -2.19. The lowest BCUT2D eigenvalue weighted by Crippen LogP contribution is -2.25. The molecule has 0 saturated carbocycles. The second kappa shape index (κ2) is 7.59. The molecule has 0 bridgehead atoms. The maximum Gasteiger partial charge on any atom is 0.416 e. The summed E-state index contributed by atoms with van der Waals surface area (Å²) in [5.74, 6) is 0. The summed E-state index contributed by atoms with van der Waals surface area (Å²) in [5.41, 5.74) is 2.96. The Morgan fingerprint density at radius 3 is 2.62 bits per heavy atom. The van der Waals surface area contributed by atoms with E-state index in [-0.39, 0.29) is 15.8 Å². The lowest BCUT2D eigenvalue weighted by Gasteiger charge is -2.12. The SMILES string of the molecule is C/C(=N\NC(=S)Nc1cc(C(F)(F)F)ccc1Cl)c1ccccn1. The summed E-state index contributed by atoms with van der Waals surface area (Å²) < 4.78 is 38.2. The van der Waals surface area contributed by atoms with Gasteiger partial charge < -0.3 is 5.32 Å². The third-order valence-corrected chi connectivity index (χ3v) is 3.43. The van der Waals surface area contributed by atoms with Crippen molar-refractivity contribution in [2.45, 2.75) is 13.1 Å². The maximum atomic E-state index is 12.7. The Kier molecular flexibility index (Phi) is 5.74. The topological polar surface area (TPSA) is 49.3 Å². The summed E-state index contributed by atoms with van der Waals surface area (Å²) in [6.07, 6.45) is -2.85. The first-order valence-electron chi connectivity index (χ1n) is 6.67. The average Bonchev–Trinajstić information content (AvgIpc) is 2.54. The van der Waals surface area contributed by atoms with E-state index in [1.54, 1.807) is 31.3 Å². The van der Waals surface area contributed by atoms with E-state index in [0.29, 0.717) is 11.4 Å². The molecule has 0 saturated heterocycles. The van der Waals surface area contributed by atoms with E-state index in [4.69, 9.17) is 23.8 Å². The fourth-order valence-corrected chi connectivity index (χ4v) is 2.04. The van der Waals surface area contributed by atoms with Gasteiger partial charge >= 0.3 is 6.18 Å². The number of hydrazone groups is 1. The van der Waals surface area contributed by atoms with Crippen LogP contribution in [0.2, 0.25) is 5.02 Å². The number of nitrogens with zero attached hydrogens (tertiary/aromatic N) is 2. The lowest BCUT2D eigenvalue weighted by atomic mass is 10.2. The monoisotopic (exact) mass is 372 g/mol. The molecule has 0 aliphatic carbocycles. The van der Waals surface area contributed by atoms with Gasteiger partial charge in [0.2, 0.25) is 0 Å². The van der Waals surface area contributed by atoms with Crippen LogP contribution in [-0.4, -0.2) is 15.8 Å². The van der Waals surface area contributed by atoms with Gasteiger partial charge in [-0.2, -0.15) is 18.3 Å². The van der Waals surface area contributed by atoms with Crippen LogP contribution in [0.1, 0.15) is 18.2 Å². The molecule has 0 unspecified atom stereocenters. The van der Waals surface area contributed by atoms with Gasteiger partial charge in [-0.3, -0.25) is 10.4 Å². The van der Waals surface area contributed by atoms with Crippen molar-refractivity contribution in [3.8, 4) is 0 Å². The highest BCUT2D eigenvalue weighted by Gasteiger charge is 2.31. The molecule has 2 N–H and O–H groups in total. The van der Waals surface area contributed by atoms with Crippen molar-refractivity contribution < 1.29 is 13.2 Å². The predicted octanol–water partition coefficient (Wildman–Crippen LogP) is 4.46. The molecule has 0 atom stereocenters. The number of hydrogen-bond donors (Lipinski definition) is 2. The van der Waals surface area contributed by atoms with Crippen LogP contribution in [-0.2, 0) is 6.18 Å².